The van der Waals surface area contributed by atoms with Gasteiger partial charge in [-0.1, -0.05) is 22.4 Å². The third-order valence-corrected chi connectivity index (χ3v) is 4.61. The van der Waals surface area contributed by atoms with Gasteiger partial charge >= 0.3 is 0 Å². The molecule has 1 fully saturated rings. The van der Waals surface area contributed by atoms with E-state index in [0.29, 0.717) is 0 Å². The second kappa shape index (κ2) is 5.41. The fourth-order valence-corrected chi connectivity index (χ4v) is 2.66. The zero-order valence-electron chi connectivity index (χ0n) is 10.8. The smallest absolute Gasteiger partial charge is 0.231 e. The van der Waals surface area contributed by atoms with E-state index in [4.69, 9.17) is 0 Å². The summed E-state index contributed by atoms with van der Waals surface area (Å²) in [5.74, 6) is 0.143. The minimum atomic E-state index is -0.199. The summed E-state index contributed by atoms with van der Waals surface area (Å²) in [7, 11) is 1.90. The van der Waals surface area contributed by atoms with Gasteiger partial charge in [-0.05, 0) is 50.6 Å². The number of halogens is 1. The first-order chi connectivity index (χ1) is 8.57. The van der Waals surface area contributed by atoms with Crippen LogP contribution >= 0.6 is 15.9 Å². The maximum Gasteiger partial charge on any atom is 0.231 e. The van der Waals surface area contributed by atoms with Crippen molar-refractivity contribution in [3.05, 3.63) is 28.2 Å². The Kier molecular flexibility index (Phi) is 4.07. The number of amides is 1. The predicted octanol–water partition coefficient (Wildman–Crippen LogP) is 3.09. The molecule has 0 unspecified atom stereocenters. The molecule has 0 aliphatic heterocycles. The molecule has 1 saturated carbocycles. The summed E-state index contributed by atoms with van der Waals surface area (Å²) < 4.78 is 1.06. The van der Waals surface area contributed by atoms with Crippen molar-refractivity contribution < 1.29 is 4.79 Å². The molecule has 2 rings (SSSR count). The van der Waals surface area contributed by atoms with Crippen LogP contribution in [0.25, 0.3) is 0 Å². The quantitative estimate of drug-likeness (QED) is 0.897. The number of nitrogens with one attached hydrogen (secondary N) is 2. The lowest BCUT2D eigenvalue weighted by molar-refractivity contribution is -0.129. The third kappa shape index (κ3) is 2.59. The van der Waals surface area contributed by atoms with Gasteiger partial charge in [0, 0.05) is 16.7 Å². The predicted molar refractivity (Wildman–Crippen MR) is 77.7 cm³/mol. The molecule has 3 nitrogen and oxygen atoms in total. The van der Waals surface area contributed by atoms with Gasteiger partial charge in [0.25, 0.3) is 0 Å². The van der Waals surface area contributed by atoms with Gasteiger partial charge in [0.05, 0.1) is 5.41 Å². The van der Waals surface area contributed by atoms with E-state index in [0.717, 1.165) is 41.5 Å². The van der Waals surface area contributed by atoms with Crippen molar-refractivity contribution in [1.82, 2.24) is 5.32 Å². The fourth-order valence-electron chi connectivity index (χ4n) is 2.41. The molecule has 1 aliphatic carbocycles. The average Bonchev–Trinajstić information content (AvgIpc) is 2.28. The van der Waals surface area contributed by atoms with Gasteiger partial charge in [-0.2, -0.15) is 0 Å². The van der Waals surface area contributed by atoms with Gasteiger partial charge in [0.15, 0.2) is 0 Å². The fraction of sp³-hybridized carbons (Fsp3) is 0.500. The van der Waals surface area contributed by atoms with E-state index in [-0.39, 0.29) is 11.3 Å². The van der Waals surface area contributed by atoms with Crippen molar-refractivity contribution in [1.29, 1.82) is 0 Å². The van der Waals surface area contributed by atoms with E-state index in [1.165, 1.54) is 0 Å². The molecule has 0 heterocycles. The average molecular weight is 311 g/mol. The van der Waals surface area contributed by atoms with Crippen molar-refractivity contribution in [2.24, 2.45) is 5.41 Å². The van der Waals surface area contributed by atoms with Crippen molar-refractivity contribution in [2.75, 3.05) is 18.9 Å². The van der Waals surface area contributed by atoms with Crippen LogP contribution < -0.4 is 10.6 Å². The van der Waals surface area contributed by atoms with Crippen molar-refractivity contribution >= 4 is 27.5 Å². The molecule has 0 saturated heterocycles. The molecule has 1 aromatic carbocycles. The minimum absolute atomic E-state index is 0.143. The summed E-state index contributed by atoms with van der Waals surface area (Å²) in [6.07, 6.45) is 3.11. The van der Waals surface area contributed by atoms with Crippen LogP contribution in [0.2, 0.25) is 0 Å². The molecule has 98 valence electrons. The summed E-state index contributed by atoms with van der Waals surface area (Å²) in [5, 5.41) is 6.17. The number of carbonyl (C=O) groups is 1. The molecule has 18 heavy (non-hydrogen) atoms. The maximum atomic E-state index is 12.3. The molecule has 1 amide bonds. The number of benzene rings is 1. The number of carbonyl (C=O) groups excluding carboxylic acids is 1. The highest BCUT2D eigenvalue weighted by atomic mass is 79.9. The summed E-state index contributed by atoms with van der Waals surface area (Å²) in [4.78, 5) is 12.3. The van der Waals surface area contributed by atoms with Gasteiger partial charge in [-0.15, -0.1) is 0 Å². The van der Waals surface area contributed by atoms with Crippen LogP contribution in [0.1, 0.15) is 24.8 Å². The van der Waals surface area contributed by atoms with Gasteiger partial charge in [-0.3, -0.25) is 4.79 Å². The topological polar surface area (TPSA) is 41.1 Å². The largest absolute Gasteiger partial charge is 0.326 e. The Morgan fingerprint density at radius 2 is 2.17 bits per heavy atom. The number of rotatable bonds is 4. The first-order valence-corrected chi connectivity index (χ1v) is 7.09. The number of anilines is 1. The minimum Gasteiger partial charge on any atom is -0.326 e. The Morgan fingerprint density at radius 3 is 2.67 bits per heavy atom. The normalized spacial score (nSPS) is 17.1. The number of hydrogen-bond donors (Lipinski definition) is 2. The van der Waals surface area contributed by atoms with Crippen LogP contribution in [-0.4, -0.2) is 19.5 Å². The van der Waals surface area contributed by atoms with Crippen molar-refractivity contribution in [3.63, 3.8) is 0 Å². The Morgan fingerprint density at radius 1 is 1.44 bits per heavy atom. The lowest BCUT2D eigenvalue weighted by atomic mass is 9.68. The van der Waals surface area contributed by atoms with E-state index in [1.807, 2.05) is 32.2 Å². The molecule has 0 bridgehead atoms. The SMILES string of the molecule is CNCC1(C(=O)Nc2ccc(Br)c(C)c2)CCC1. The summed E-state index contributed by atoms with van der Waals surface area (Å²) in [6, 6.07) is 5.89. The first-order valence-electron chi connectivity index (χ1n) is 6.30. The zero-order valence-corrected chi connectivity index (χ0v) is 12.4. The summed E-state index contributed by atoms with van der Waals surface area (Å²) >= 11 is 3.46. The summed E-state index contributed by atoms with van der Waals surface area (Å²) in [6.45, 7) is 2.78. The molecule has 0 radical (unpaired) electrons. The van der Waals surface area contributed by atoms with Crippen LogP contribution in [0, 0.1) is 12.3 Å². The molecule has 1 aromatic rings. The molecule has 0 aromatic heterocycles. The molecule has 2 N–H and O–H groups in total. The molecular weight excluding hydrogens is 292 g/mol. The number of hydrogen-bond acceptors (Lipinski definition) is 2. The zero-order chi connectivity index (χ0) is 13.2. The third-order valence-electron chi connectivity index (χ3n) is 3.72. The molecular formula is C14H19BrN2O. The van der Waals surface area contributed by atoms with Crippen LogP contribution in [0.5, 0.6) is 0 Å². The van der Waals surface area contributed by atoms with Gasteiger partial charge in [0.2, 0.25) is 5.91 Å². The molecule has 4 heteroatoms. The van der Waals surface area contributed by atoms with E-state index >= 15 is 0 Å². The standard InChI is InChI=1S/C14H19BrN2O/c1-10-8-11(4-5-12(10)15)17-13(18)14(9-16-2)6-3-7-14/h4-5,8,16H,3,6-7,9H2,1-2H3,(H,17,18). The maximum absolute atomic E-state index is 12.3. The lowest BCUT2D eigenvalue weighted by Gasteiger charge is -2.40. The Balaban J connectivity index is 2.08. The van der Waals surface area contributed by atoms with Crippen LogP contribution in [0.3, 0.4) is 0 Å². The second-order valence-electron chi connectivity index (χ2n) is 5.08. The monoisotopic (exact) mass is 310 g/mol. The van der Waals surface area contributed by atoms with E-state index in [9.17, 15) is 4.79 Å². The molecule has 1 aliphatic rings. The van der Waals surface area contributed by atoms with Gasteiger partial charge in [0.1, 0.15) is 0 Å². The number of aryl methyl sites for hydroxylation is 1. The van der Waals surface area contributed by atoms with Crippen LogP contribution in [-0.2, 0) is 4.79 Å². The van der Waals surface area contributed by atoms with Crippen molar-refractivity contribution in [3.8, 4) is 0 Å². The Hall–Kier alpha value is -0.870. The summed E-state index contributed by atoms with van der Waals surface area (Å²) in [5.41, 5.74) is 1.81. The first kappa shape index (κ1) is 13.6. The van der Waals surface area contributed by atoms with Crippen LogP contribution in [0.4, 0.5) is 5.69 Å². The highest BCUT2D eigenvalue weighted by Gasteiger charge is 2.43. The van der Waals surface area contributed by atoms with Crippen molar-refractivity contribution in [2.45, 2.75) is 26.2 Å². The lowest BCUT2D eigenvalue weighted by Crippen LogP contribution is -2.48. The van der Waals surface area contributed by atoms with Crippen LogP contribution in [0.15, 0.2) is 22.7 Å². The van der Waals surface area contributed by atoms with E-state index < -0.39 is 0 Å². The highest BCUT2D eigenvalue weighted by Crippen LogP contribution is 2.41. The Bertz CT molecular complexity index is 455. The molecule has 0 spiro atoms. The van der Waals surface area contributed by atoms with E-state index in [1.54, 1.807) is 0 Å². The second-order valence-corrected chi connectivity index (χ2v) is 5.94. The van der Waals surface area contributed by atoms with Gasteiger partial charge < -0.3 is 10.6 Å². The van der Waals surface area contributed by atoms with E-state index in [2.05, 4.69) is 26.6 Å². The van der Waals surface area contributed by atoms with Gasteiger partial charge in [-0.25, -0.2) is 0 Å². The Labute approximate surface area is 116 Å². The molecule has 0 atom stereocenters. The highest BCUT2D eigenvalue weighted by molar-refractivity contribution is 9.10.